The van der Waals surface area contributed by atoms with E-state index in [1.165, 1.54) is 0 Å². The molecule has 1 heterocycles. The van der Waals surface area contributed by atoms with E-state index < -0.39 is 8.32 Å². The second kappa shape index (κ2) is 9.68. The van der Waals surface area contributed by atoms with Crippen molar-refractivity contribution in [1.82, 2.24) is 0 Å². The Balaban J connectivity index is 2.14. The summed E-state index contributed by atoms with van der Waals surface area (Å²) >= 11 is 0. The molecule has 156 valence electrons. The van der Waals surface area contributed by atoms with E-state index in [1.807, 2.05) is 13.0 Å². The molecule has 0 spiro atoms. The zero-order valence-corrected chi connectivity index (χ0v) is 18.9. The van der Waals surface area contributed by atoms with E-state index in [4.69, 9.17) is 18.6 Å². The van der Waals surface area contributed by atoms with Crippen LogP contribution in [0.4, 0.5) is 0 Å². The summed E-state index contributed by atoms with van der Waals surface area (Å²) in [5.74, 6) is 0.268. The van der Waals surface area contributed by atoms with E-state index in [2.05, 4.69) is 39.9 Å². The maximum Gasteiger partial charge on any atom is 0.293 e. The van der Waals surface area contributed by atoms with Gasteiger partial charge in [-0.2, -0.15) is 0 Å². The third-order valence-electron chi connectivity index (χ3n) is 6.42. The minimum atomic E-state index is -1.87. The van der Waals surface area contributed by atoms with Gasteiger partial charge in [0.25, 0.3) is 6.47 Å². The van der Waals surface area contributed by atoms with Crippen molar-refractivity contribution in [3.8, 4) is 0 Å². The number of carbonyl (C=O) groups is 1. The van der Waals surface area contributed by atoms with Crippen LogP contribution in [0.2, 0.25) is 18.1 Å². The molecule has 6 heteroatoms. The summed E-state index contributed by atoms with van der Waals surface area (Å²) in [6.07, 6.45) is 7.68. The van der Waals surface area contributed by atoms with Crippen molar-refractivity contribution < 1.29 is 23.4 Å². The molecule has 0 N–H and O–H groups in total. The van der Waals surface area contributed by atoms with Gasteiger partial charge < -0.3 is 18.6 Å². The SMILES string of the molecule is CC=C[C@@H]1[C@@H](CO[Si](C)(C)C(C)(C)C)[C@H](OC2CCCCO2)C[C@H]1OC=O. The van der Waals surface area contributed by atoms with E-state index in [1.54, 1.807) is 0 Å². The van der Waals surface area contributed by atoms with E-state index in [0.717, 1.165) is 25.9 Å². The summed E-state index contributed by atoms with van der Waals surface area (Å²) in [5, 5.41) is 0.156. The van der Waals surface area contributed by atoms with Gasteiger partial charge in [0.15, 0.2) is 14.6 Å². The lowest BCUT2D eigenvalue weighted by atomic mass is 9.94. The molecular weight excluding hydrogens is 360 g/mol. The van der Waals surface area contributed by atoms with Crippen LogP contribution in [0, 0.1) is 11.8 Å². The quantitative estimate of drug-likeness (QED) is 0.338. The van der Waals surface area contributed by atoms with Gasteiger partial charge >= 0.3 is 0 Å². The van der Waals surface area contributed by atoms with Crippen LogP contribution < -0.4 is 0 Å². The molecule has 0 radical (unpaired) electrons. The van der Waals surface area contributed by atoms with Crippen molar-refractivity contribution >= 4 is 14.8 Å². The van der Waals surface area contributed by atoms with Gasteiger partial charge in [0, 0.05) is 31.5 Å². The number of allylic oxidation sites excluding steroid dienone is 1. The van der Waals surface area contributed by atoms with Crippen LogP contribution in [-0.2, 0) is 23.4 Å². The van der Waals surface area contributed by atoms with Gasteiger partial charge in [-0.3, -0.25) is 4.79 Å². The number of carbonyl (C=O) groups excluding carboxylic acids is 1. The van der Waals surface area contributed by atoms with Gasteiger partial charge in [-0.1, -0.05) is 32.9 Å². The first-order chi connectivity index (χ1) is 12.7. The Morgan fingerprint density at radius 1 is 1.19 bits per heavy atom. The molecule has 2 fully saturated rings. The van der Waals surface area contributed by atoms with Crippen molar-refractivity contribution in [3.05, 3.63) is 12.2 Å². The second-order valence-electron chi connectivity index (χ2n) is 9.32. The Bertz CT molecular complexity index is 493. The first kappa shape index (κ1) is 22.6. The zero-order valence-electron chi connectivity index (χ0n) is 17.9. The predicted molar refractivity (Wildman–Crippen MR) is 109 cm³/mol. The van der Waals surface area contributed by atoms with Gasteiger partial charge in [-0.05, 0) is 44.3 Å². The zero-order chi connectivity index (χ0) is 20.1. The van der Waals surface area contributed by atoms with Gasteiger partial charge in [0.1, 0.15) is 6.10 Å². The van der Waals surface area contributed by atoms with E-state index in [-0.39, 0.29) is 35.4 Å². The number of hydrogen-bond donors (Lipinski definition) is 0. The van der Waals surface area contributed by atoms with Crippen LogP contribution in [0.25, 0.3) is 0 Å². The Hall–Kier alpha value is -0.693. The van der Waals surface area contributed by atoms with Crippen LogP contribution in [-0.4, -0.2) is 46.5 Å². The third kappa shape index (κ3) is 5.89. The molecule has 0 amide bonds. The van der Waals surface area contributed by atoms with Crippen LogP contribution >= 0.6 is 0 Å². The number of rotatable bonds is 8. The maximum atomic E-state index is 11.0. The van der Waals surface area contributed by atoms with Crippen molar-refractivity contribution in [3.63, 3.8) is 0 Å². The number of ether oxygens (including phenoxy) is 3. The highest BCUT2D eigenvalue weighted by atomic mass is 28.4. The maximum absolute atomic E-state index is 11.0. The average molecular weight is 399 g/mol. The van der Waals surface area contributed by atoms with Gasteiger partial charge in [0.2, 0.25) is 0 Å². The summed E-state index contributed by atoms with van der Waals surface area (Å²) in [6, 6.07) is 0. The highest BCUT2D eigenvalue weighted by Gasteiger charge is 2.47. The molecule has 5 atom stereocenters. The van der Waals surface area contributed by atoms with Crippen LogP contribution in [0.15, 0.2) is 12.2 Å². The highest BCUT2D eigenvalue weighted by molar-refractivity contribution is 6.74. The largest absolute Gasteiger partial charge is 0.464 e. The molecule has 1 saturated heterocycles. The number of hydrogen-bond acceptors (Lipinski definition) is 5. The molecule has 2 rings (SSSR count). The van der Waals surface area contributed by atoms with E-state index in [9.17, 15) is 4.79 Å². The Labute approximate surface area is 165 Å². The van der Waals surface area contributed by atoms with Gasteiger partial charge in [0.05, 0.1) is 6.10 Å². The summed E-state index contributed by atoms with van der Waals surface area (Å²) in [7, 11) is -1.87. The smallest absolute Gasteiger partial charge is 0.293 e. The molecule has 1 unspecified atom stereocenters. The van der Waals surface area contributed by atoms with Crippen molar-refractivity contribution in [2.45, 2.75) is 90.0 Å². The summed E-state index contributed by atoms with van der Waals surface area (Å²) in [5.41, 5.74) is 0. The molecular formula is C21H38O5Si. The fraction of sp³-hybridized carbons (Fsp3) is 0.857. The van der Waals surface area contributed by atoms with E-state index in [0.29, 0.717) is 19.5 Å². The highest BCUT2D eigenvalue weighted by Crippen LogP contribution is 2.42. The summed E-state index contributed by atoms with van der Waals surface area (Å²) < 4.78 is 24.1. The molecule has 5 nitrogen and oxygen atoms in total. The lowest BCUT2D eigenvalue weighted by molar-refractivity contribution is -0.197. The minimum Gasteiger partial charge on any atom is -0.464 e. The van der Waals surface area contributed by atoms with Crippen LogP contribution in [0.1, 0.15) is 53.4 Å². The summed E-state index contributed by atoms with van der Waals surface area (Å²) in [4.78, 5) is 11.0. The van der Waals surface area contributed by atoms with Gasteiger partial charge in [-0.15, -0.1) is 0 Å². The lowest BCUT2D eigenvalue weighted by Gasteiger charge is -2.38. The van der Waals surface area contributed by atoms with Gasteiger partial charge in [-0.25, -0.2) is 0 Å². The van der Waals surface area contributed by atoms with Crippen LogP contribution in [0.5, 0.6) is 0 Å². The monoisotopic (exact) mass is 398 g/mol. The second-order valence-corrected chi connectivity index (χ2v) is 14.1. The molecule has 1 aliphatic carbocycles. The molecule has 0 aromatic carbocycles. The van der Waals surface area contributed by atoms with Crippen molar-refractivity contribution in [1.29, 1.82) is 0 Å². The first-order valence-electron chi connectivity index (χ1n) is 10.3. The summed E-state index contributed by atoms with van der Waals surface area (Å²) in [6.45, 7) is 15.2. The Morgan fingerprint density at radius 3 is 2.48 bits per heavy atom. The Kier molecular flexibility index (Phi) is 8.10. The van der Waals surface area contributed by atoms with Crippen molar-refractivity contribution in [2.75, 3.05) is 13.2 Å². The predicted octanol–water partition coefficient (Wildman–Crippen LogP) is 4.67. The molecule has 0 aromatic heterocycles. The molecule has 1 aliphatic heterocycles. The first-order valence-corrected chi connectivity index (χ1v) is 13.2. The van der Waals surface area contributed by atoms with Crippen LogP contribution in [0.3, 0.4) is 0 Å². The standard InChI is InChI=1S/C21H38O5Si/c1-7-10-16-17(14-25-27(5,6)21(2,3)4)19(13-18(16)24-15-22)26-20-11-8-9-12-23-20/h7,10,15-20H,8-9,11-14H2,1-6H3/t16-,17-,18-,19-,20?/m1/s1. The van der Waals surface area contributed by atoms with Crippen molar-refractivity contribution in [2.24, 2.45) is 11.8 Å². The third-order valence-corrected chi connectivity index (χ3v) is 10.9. The molecule has 0 aromatic rings. The molecule has 0 bridgehead atoms. The fourth-order valence-corrected chi connectivity index (χ4v) is 4.74. The molecule has 1 saturated carbocycles. The average Bonchev–Trinajstić information content (AvgIpc) is 2.90. The fourth-order valence-electron chi connectivity index (χ4n) is 3.70. The normalized spacial score (nSPS) is 32.7. The van der Waals surface area contributed by atoms with E-state index >= 15 is 0 Å². The Morgan fingerprint density at radius 2 is 1.93 bits per heavy atom. The molecule has 27 heavy (non-hydrogen) atoms. The molecule has 2 aliphatic rings. The lowest BCUT2D eigenvalue weighted by Crippen LogP contribution is -2.44. The topological polar surface area (TPSA) is 54.0 Å². The minimum absolute atomic E-state index is 0.0241.